The van der Waals surface area contributed by atoms with E-state index in [0.29, 0.717) is 12.1 Å². The molecule has 1 amide bonds. The molecule has 134 valence electrons. The van der Waals surface area contributed by atoms with Gasteiger partial charge in [-0.15, -0.1) is 11.3 Å². The number of amides is 1. The number of carbonyl (C=O) groups is 1. The highest BCUT2D eigenvalue weighted by Crippen LogP contribution is 2.17. The van der Waals surface area contributed by atoms with E-state index in [1.165, 1.54) is 0 Å². The number of ether oxygens (including phenoxy) is 1. The van der Waals surface area contributed by atoms with Gasteiger partial charge in [-0.05, 0) is 31.4 Å². The van der Waals surface area contributed by atoms with Gasteiger partial charge >= 0.3 is 0 Å². The molecule has 1 aliphatic rings. The van der Waals surface area contributed by atoms with E-state index < -0.39 is 0 Å². The molecule has 6 nitrogen and oxygen atoms in total. The molecule has 0 radical (unpaired) electrons. The Morgan fingerprint density at radius 1 is 1.48 bits per heavy atom. The summed E-state index contributed by atoms with van der Waals surface area (Å²) in [5, 5.41) is 5.85. The number of likely N-dealkylation sites (N-methyl/N-ethyl adjacent to an activating group) is 1. The van der Waals surface area contributed by atoms with Crippen LogP contribution in [0.1, 0.15) is 40.8 Å². The van der Waals surface area contributed by atoms with Gasteiger partial charge in [-0.3, -0.25) is 4.79 Å². The van der Waals surface area contributed by atoms with Gasteiger partial charge in [0.05, 0.1) is 23.9 Å². The van der Waals surface area contributed by atoms with Gasteiger partial charge in [0, 0.05) is 31.8 Å². The van der Waals surface area contributed by atoms with E-state index in [9.17, 15) is 4.79 Å². The predicted octanol–water partition coefficient (Wildman–Crippen LogP) is 2.65. The molecule has 3 heterocycles. The van der Waals surface area contributed by atoms with Gasteiger partial charge in [-0.2, -0.15) is 0 Å². The molecule has 1 aliphatic heterocycles. The zero-order valence-corrected chi connectivity index (χ0v) is 15.5. The summed E-state index contributed by atoms with van der Waals surface area (Å²) >= 11 is 1.57. The Balaban J connectivity index is 1.52. The standard InChI is InChI=1S/C18H24N4O2S/c1-3-14-12-25-17(21-14)10-20-18(23)13-6-7-16(19-9-13)22(2)11-15-5-4-8-24-15/h6-7,9,12,15H,3-5,8,10-11H2,1-2H3,(H,20,23)/t15-/m1/s1. The van der Waals surface area contributed by atoms with Crippen molar-refractivity contribution in [1.82, 2.24) is 15.3 Å². The molecule has 0 bridgehead atoms. The van der Waals surface area contributed by atoms with E-state index in [1.54, 1.807) is 17.5 Å². The van der Waals surface area contributed by atoms with Crippen molar-refractivity contribution in [3.63, 3.8) is 0 Å². The summed E-state index contributed by atoms with van der Waals surface area (Å²) in [5.41, 5.74) is 1.62. The largest absolute Gasteiger partial charge is 0.376 e. The van der Waals surface area contributed by atoms with Gasteiger partial charge in [0.1, 0.15) is 10.8 Å². The zero-order chi connectivity index (χ0) is 17.6. The van der Waals surface area contributed by atoms with Crippen molar-refractivity contribution in [2.45, 2.75) is 38.8 Å². The highest BCUT2D eigenvalue weighted by Gasteiger charge is 2.18. The number of nitrogens with one attached hydrogen (secondary N) is 1. The number of carbonyl (C=O) groups excluding carboxylic acids is 1. The van der Waals surface area contributed by atoms with Crippen LogP contribution in [0.25, 0.3) is 0 Å². The maximum Gasteiger partial charge on any atom is 0.253 e. The molecular formula is C18H24N4O2S. The second-order valence-electron chi connectivity index (χ2n) is 6.19. The molecule has 25 heavy (non-hydrogen) atoms. The fourth-order valence-corrected chi connectivity index (χ4v) is 3.60. The normalized spacial score (nSPS) is 16.8. The first-order valence-corrected chi connectivity index (χ1v) is 9.54. The quantitative estimate of drug-likeness (QED) is 0.822. The Morgan fingerprint density at radius 3 is 3.00 bits per heavy atom. The van der Waals surface area contributed by atoms with Crippen LogP contribution in [0.4, 0.5) is 5.82 Å². The van der Waals surface area contributed by atoms with Crippen molar-refractivity contribution < 1.29 is 9.53 Å². The van der Waals surface area contributed by atoms with Gasteiger partial charge in [0.15, 0.2) is 0 Å². The van der Waals surface area contributed by atoms with Crippen LogP contribution in [0.2, 0.25) is 0 Å². The summed E-state index contributed by atoms with van der Waals surface area (Å²) in [7, 11) is 2.00. The third-order valence-corrected chi connectivity index (χ3v) is 5.16. The van der Waals surface area contributed by atoms with Gasteiger partial charge in [0.2, 0.25) is 0 Å². The van der Waals surface area contributed by atoms with E-state index in [2.05, 4.69) is 27.1 Å². The molecule has 0 aromatic carbocycles. The Bertz CT molecular complexity index is 695. The van der Waals surface area contributed by atoms with E-state index in [0.717, 1.165) is 48.9 Å². The van der Waals surface area contributed by atoms with E-state index in [4.69, 9.17) is 4.74 Å². The molecule has 1 N–H and O–H groups in total. The van der Waals surface area contributed by atoms with Crippen molar-refractivity contribution in [2.75, 3.05) is 25.1 Å². The number of nitrogens with zero attached hydrogens (tertiary/aromatic N) is 3. The highest BCUT2D eigenvalue weighted by atomic mass is 32.1. The lowest BCUT2D eigenvalue weighted by molar-refractivity contribution is 0.0950. The number of aryl methyl sites for hydroxylation is 1. The van der Waals surface area contributed by atoms with Crippen LogP contribution in [0.5, 0.6) is 0 Å². The van der Waals surface area contributed by atoms with Crippen LogP contribution in [0, 0.1) is 0 Å². The summed E-state index contributed by atoms with van der Waals surface area (Å²) in [5.74, 6) is 0.716. The van der Waals surface area contributed by atoms with Gasteiger partial charge in [0.25, 0.3) is 5.91 Å². The molecular weight excluding hydrogens is 336 g/mol. The number of hydrogen-bond acceptors (Lipinski definition) is 6. The molecule has 1 saturated heterocycles. The van der Waals surface area contributed by atoms with E-state index in [-0.39, 0.29) is 12.0 Å². The number of aromatic nitrogens is 2. The SMILES string of the molecule is CCc1csc(CNC(=O)c2ccc(N(C)C[C@H]3CCCO3)nc2)n1. The summed E-state index contributed by atoms with van der Waals surface area (Å²) < 4.78 is 5.65. The van der Waals surface area contributed by atoms with Crippen LogP contribution >= 0.6 is 11.3 Å². The topological polar surface area (TPSA) is 67.4 Å². The van der Waals surface area contributed by atoms with Crippen molar-refractivity contribution >= 4 is 23.1 Å². The molecule has 0 spiro atoms. The van der Waals surface area contributed by atoms with Crippen molar-refractivity contribution in [3.8, 4) is 0 Å². The van der Waals surface area contributed by atoms with E-state index >= 15 is 0 Å². The van der Waals surface area contributed by atoms with Crippen molar-refractivity contribution in [1.29, 1.82) is 0 Å². The first-order chi connectivity index (χ1) is 12.2. The fraction of sp³-hybridized carbons (Fsp3) is 0.500. The van der Waals surface area contributed by atoms with Crippen molar-refractivity contribution in [2.24, 2.45) is 0 Å². The smallest absolute Gasteiger partial charge is 0.253 e. The Hall–Kier alpha value is -1.99. The lowest BCUT2D eigenvalue weighted by atomic mass is 10.2. The maximum atomic E-state index is 12.2. The number of pyridine rings is 1. The minimum atomic E-state index is -0.130. The van der Waals surface area contributed by atoms with Crippen LogP contribution in [0.15, 0.2) is 23.7 Å². The second-order valence-corrected chi connectivity index (χ2v) is 7.13. The lowest BCUT2D eigenvalue weighted by Gasteiger charge is -2.21. The number of hydrogen-bond donors (Lipinski definition) is 1. The van der Waals surface area contributed by atoms with E-state index in [1.807, 2.05) is 24.6 Å². The molecule has 0 saturated carbocycles. The van der Waals surface area contributed by atoms with Gasteiger partial charge < -0.3 is 15.0 Å². The maximum absolute atomic E-state index is 12.2. The number of rotatable bonds is 7. The van der Waals surface area contributed by atoms with Crippen LogP contribution in [-0.2, 0) is 17.7 Å². The lowest BCUT2D eigenvalue weighted by Crippen LogP contribution is -2.29. The zero-order valence-electron chi connectivity index (χ0n) is 14.7. The summed E-state index contributed by atoms with van der Waals surface area (Å²) in [6, 6.07) is 3.69. The molecule has 0 aliphatic carbocycles. The molecule has 1 atom stereocenters. The Kier molecular flexibility index (Phi) is 5.99. The average Bonchev–Trinajstić information content (AvgIpc) is 3.31. The first-order valence-electron chi connectivity index (χ1n) is 8.66. The fourth-order valence-electron chi connectivity index (χ4n) is 2.78. The summed E-state index contributed by atoms with van der Waals surface area (Å²) in [4.78, 5) is 23.2. The van der Waals surface area contributed by atoms with Gasteiger partial charge in [-0.1, -0.05) is 6.92 Å². The summed E-state index contributed by atoms with van der Waals surface area (Å²) in [6.07, 6.45) is 5.04. The van der Waals surface area contributed by atoms with Crippen LogP contribution < -0.4 is 10.2 Å². The molecule has 0 unspecified atom stereocenters. The Labute approximate surface area is 152 Å². The molecule has 3 rings (SSSR count). The molecule has 2 aromatic rings. The third kappa shape index (κ3) is 4.76. The summed E-state index contributed by atoms with van der Waals surface area (Å²) in [6.45, 7) is 4.19. The average molecular weight is 360 g/mol. The highest BCUT2D eigenvalue weighted by molar-refractivity contribution is 7.09. The van der Waals surface area contributed by atoms with Crippen molar-refractivity contribution in [3.05, 3.63) is 40.0 Å². The minimum Gasteiger partial charge on any atom is -0.376 e. The monoisotopic (exact) mass is 360 g/mol. The third-order valence-electron chi connectivity index (χ3n) is 4.26. The minimum absolute atomic E-state index is 0.130. The molecule has 1 fully saturated rings. The Morgan fingerprint density at radius 2 is 2.36 bits per heavy atom. The van der Waals surface area contributed by atoms with Gasteiger partial charge in [-0.25, -0.2) is 9.97 Å². The molecule has 7 heteroatoms. The number of anilines is 1. The first kappa shape index (κ1) is 17.8. The molecule has 2 aromatic heterocycles. The predicted molar refractivity (Wildman–Crippen MR) is 99.1 cm³/mol. The second kappa shape index (κ2) is 8.40. The van der Waals surface area contributed by atoms with Crippen LogP contribution in [-0.4, -0.2) is 42.2 Å². The number of thiazole rings is 1. The van der Waals surface area contributed by atoms with Crippen LogP contribution in [0.3, 0.4) is 0 Å².